The van der Waals surface area contributed by atoms with Gasteiger partial charge in [-0.05, 0) is 25.0 Å². The first-order chi connectivity index (χ1) is 8.69. The molecule has 0 spiro atoms. The maximum Gasteiger partial charge on any atom is 0.228 e. The van der Waals surface area contributed by atoms with Crippen molar-refractivity contribution in [1.82, 2.24) is 19.9 Å². The maximum atomic E-state index is 5.57. The summed E-state index contributed by atoms with van der Waals surface area (Å²) in [5, 5.41) is 3.11. The number of hydrogen-bond acceptors (Lipinski definition) is 6. The van der Waals surface area contributed by atoms with Crippen LogP contribution in [0, 0.1) is 6.92 Å². The second-order valence-electron chi connectivity index (χ2n) is 3.88. The second-order valence-corrected chi connectivity index (χ2v) is 3.88. The summed E-state index contributed by atoms with van der Waals surface area (Å²) in [6.45, 7) is 4.46. The molecule has 0 fully saturated rings. The van der Waals surface area contributed by atoms with Crippen LogP contribution in [0.25, 0.3) is 0 Å². The molecule has 2 aromatic heterocycles. The van der Waals surface area contributed by atoms with Crippen LogP contribution >= 0.6 is 0 Å². The maximum absolute atomic E-state index is 5.57. The molecule has 0 aliphatic carbocycles. The highest BCUT2D eigenvalue weighted by molar-refractivity contribution is 5.32. The van der Waals surface area contributed by atoms with Gasteiger partial charge in [-0.2, -0.15) is 15.0 Å². The van der Waals surface area contributed by atoms with Crippen molar-refractivity contribution in [3.63, 3.8) is 0 Å². The number of nitrogens with one attached hydrogen (secondary N) is 1. The number of nitrogen functional groups attached to an aromatic ring is 1. The van der Waals surface area contributed by atoms with Gasteiger partial charge in [0.2, 0.25) is 11.9 Å². The van der Waals surface area contributed by atoms with Gasteiger partial charge in [-0.1, -0.05) is 13.0 Å². The Morgan fingerprint density at radius 3 is 2.83 bits per heavy atom. The van der Waals surface area contributed by atoms with Gasteiger partial charge < -0.3 is 11.1 Å². The van der Waals surface area contributed by atoms with Crippen LogP contribution in [0.1, 0.15) is 24.0 Å². The average molecular weight is 244 g/mol. The van der Waals surface area contributed by atoms with Crippen molar-refractivity contribution in [2.45, 2.75) is 26.8 Å². The molecule has 6 nitrogen and oxygen atoms in total. The molecule has 0 radical (unpaired) electrons. The molecule has 0 saturated carbocycles. The van der Waals surface area contributed by atoms with Crippen LogP contribution in [0.15, 0.2) is 18.3 Å². The molecule has 0 amide bonds. The van der Waals surface area contributed by atoms with Crippen LogP contribution in [0.4, 0.5) is 11.9 Å². The first-order valence-electron chi connectivity index (χ1n) is 5.84. The molecule has 2 heterocycles. The van der Waals surface area contributed by atoms with E-state index in [1.807, 2.05) is 6.07 Å². The van der Waals surface area contributed by atoms with E-state index in [1.54, 1.807) is 13.1 Å². The minimum Gasteiger partial charge on any atom is -0.368 e. The van der Waals surface area contributed by atoms with E-state index in [0.717, 1.165) is 12.1 Å². The Balaban J connectivity index is 2.11. The molecule has 2 rings (SSSR count). The van der Waals surface area contributed by atoms with Gasteiger partial charge in [-0.3, -0.25) is 4.98 Å². The summed E-state index contributed by atoms with van der Waals surface area (Å²) >= 11 is 0. The Morgan fingerprint density at radius 1 is 1.28 bits per heavy atom. The average Bonchev–Trinajstić information content (AvgIpc) is 2.35. The third-order valence-corrected chi connectivity index (χ3v) is 2.54. The molecule has 3 N–H and O–H groups in total. The van der Waals surface area contributed by atoms with Crippen LogP contribution in [-0.4, -0.2) is 19.9 Å². The Labute approximate surface area is 106 Å². The zero-order valence-electron chi connectivity index (χ0n) is 10.5. The largest absolute Gasteiger partial charge is 0.368 e. The third kappa shape index (κ3) is 2.91. The molecule has 94 valence electrons. The van der Waals surface area contributed by atoms with Crippen molar-refractivity contribution >= 4 is 11.9 Å². The van der Waals surface area contributed by atoms with Crippen molar-refractivity contribution in [1.29, 1.82) is 0 Å². The van der Waals surface area contributed by atoms with E-state index in [9.17, 15) is 0 Å². The van der Waals surface area contributed by atoms with E-state index < -0.39 is 0 Å². The van der Waals surface area contributed by atoms with E-state index in [-0.39, 0.29) is 5.95 Å². The number of aromatic nitrogens is 4. The number of hydrogen-bond donors (Lipinski definition) is 2. The zero-order chi connectivity index (χ0) is 13.0. The summed E-state index contributed by atoms with van der Waals surface area (Å²) in [4.78, 5) is 16.5. The normalized spacial score (nSPS) is 10.3. The quantitative estimate of drug-likeness (QED) is 0.843. The van der Waals surface area contributed by atoms with Crippen molar-refractivity contribution in [3.05, 3.63) is 35.4 Å². The van der Waals surface area contributed by atoms with Gasteiger partial charge in [0.25, 0.3) is 0 Å². The monoisotopic (exact) mass is 244 g/mol. The van der Waals surface area contributed by atoms with Crippen LogP contribution in [-0.2, 0) is 13.0 Å². The van der Waals surface area contributed by atoms with Crippen LogP contribution in [0.2, 0.25) is 0 Å². The fourth-order valence-corrected chi connectivity index (χ4v) is 1.70. The summed E-state index contributed by atoms with van der Waals surface area (Å²) in [5.74, 6) is 1.30. The lowest BCUT2D eigenvalue weighted by Gasteiger charge is -2.08. The second kappa shape index (κ2) is 5.39. The molecule has 18 heavy (non-hydrogen) atoms. The molecular formula is C12H16N6. The summed E-state index contributed by atoms with van der Waals surface area (Å²) in [6.07, 6.45) is 2.73. The molecule has 0 saturated heterocycles. The summed E-state index contributed by atoms with van der Waals surface area (Å²) in [7, 11) is 0. The third-order valence-electron chi connectivity index (χ3n) is 2.54. The van der Waals surface area contributed by atoms with E-state index in [2.05, 4.69) is 38.2 Å². The number of pyridine rings is 1. The highest BCUT2D eigenvalue weighted by Crippen LogP contribution is 2.09. The van der Waals surface area contributed by atoms with Gasteiger partial charge in [0, 0.05) is 6.20 Å². The zero-order valence-corrected chi connectivity index (χ0v) is 10.5. The van der Waals surface area contributed by atoms with E-state index in [0.29, 0.717) is 18.3 Å². The predicted molar refractivity (Wildman–Crippen MR) is 69.9 cm³/mol. The topological polar surface area (TPSA) is 89.6 Å². The standard InChI is InChI=1S/C12H16N6/c1-3-9-5-4-6-14-10(9)7-15-12-17-8(2)16-11(13)18-12/h4-6H,3,7H2,1-2H3,(H3,13,15,16,17,18). The van der Waals surface area contributed by atoms with E-state index in [1.165, 1.54) is 5.56 Å². The highest BCUT2D eigenvalue weighted by atomic mass is 15.2. The number of aryl methyl sites for hydroxylation is 2. The summed E-state index contributed by atoms with van der Waals surface area (Å²) < 4.78 is 0. The predicted octanol–water partition coefficient (Wildman–Crippen LogP) is 1.33. The van der Waals surface area contributed by atoms with Crippen molar-refractivity contribution in [2.24, 2.45) is 0 Å². The number of nitrogens with two attached hydrogens (primary N) is 1. The van der Waals surface area contributed by atoms with Crippen molar-refractivity contribution in [3.8, 4) is 0 Å². The molecule has 0 bridgehead atoms. The van der Waals surface area contributed by atoms with Crippen LogP contribution in [0.5, 0.6) is 0 Å². The number of nitrogens with zero attached hydrogens (tertiary/aromatic N) is 4. The fraction of sp³-hybridized carbons (Fsp3) is 0.333. The van der Waals surface area contributed by atoms with Gasteiger partial charge in [-0.25, -0.2) is 0 Å². The molecule has 0 aromatic carbocycles. The van der Waals surface area contributed by atoms with Gasteiger partial charge >= 0.3 is 0 Å². The molecule has 0 atom stereocenters. The van der Waals surface area contributed by atoms with Crippen LogP contribution < -0.4 is 11.1 Å². The van der Waals surface area contributed by atoms with E-state index in [4.69, 9.17) is 5.73 Å². The Kier molecular flexibility index (Phi) is 3.66. The Hall–Kier alpha value is -2.24. The smallest absolute Gasteiger partial charge is 0.228 e. The summed E-state index contributed by atoms with van der Waals surface area (Å²) in [5.41, 5.74) is 7.78. The summed E-state index contributed by atoms with van der Waals surface area (Å²) in [6, 6.07) is 4.00. The molecule has 0 aliphatic rings. The molecule has 0 aliphatic heterocycles. The molecule has 0 unspecified atom stereocenters. The SMILES string of the molecule is CCc1cccnc1CNc1nc(C)nc(N)n1. The van der Waals surface area contributed by atoms with Gasteiger partial charge in [0.1, 0.15) is 5.82 Å². The minimum absolute atomic E-state index is 0.224. The lowest BCUT2D eigenvalue weighted by molar-refractivity contribution is 0.926. The van der Waals surface area contributed by atoms with Gasteiger partial charge in [0.05, 0.1) is 12.2 Å². The number of anilines is 2. The first kappa shape index (κ1) is 12.2. The molecule has 2 aromatic rings. The number of rotatable bonds is 4. The minimum atomic E-state index is 0.224. The lowest BCUT2D eigenvalue weighted by Crippen LogP contribution is -2.10. The lowest BCUT2D eigenvalue weighted by atomic mass is 10.1. The highest BCUT2D eigenvalue weighted by Gasteiger charge is 2.04. The van der Waals surface area contributed by atoms with E-state index >= 15 is 0 Å². The fourth-order valence-electron chi connectivity index (χ4n) is 1.70. The molecular weight excluding hydrogens is 228 g/mol. The van der Waals surface area contributed by atoms with Gasteiger partial charge in [0.15, 0.2) is 0 Å². The van der Waals surface area contributed by atoms with Gasteiger partial charge in [-0.15, -0.1) is 0 Å². The first-order valence-corrected chi connectivity index (χ1v) is 5.84. The van der Waals surface area contributed by atoms with Crippen molar-refractivity contribution in [2.75, 3.05) is 11.1 Å². The van der Waals surface area contributed by atoms with Crippen molar-refractivity contribution < 1.29 is 0 Å². The van der Waals surface area contributed by atoms with Crippen LogP contribution in [0.3, 0.4) is 0 Å². The Morgan fingerprint density at radius 2 is 2.11 bits per heavy atom. The molecule has 6 heteroatoms. The Bertz CT molecular complexity index is 520.